The van der Waals surface area contributed by atoms with Gasteiger partial charge in [0.2, 0.25) is 0 Å². The van der Waals surface area contributed by atoms with Gasteiger partial charge in [-0.3, -0.25) is 14.9 Å². The minimum atomic E-state index is -0.894. The van der Waals surface area contributed by atoms with E-state index in [1.807, 2.05) is 78.6 Å². The van der Waals surface area contributed by atoms with E-state index in [0.717, 1.165) is 85.6 Å². The van der Waals surface area contributed by atoms with E-state index in [0.29, 0.717) is 47.1 Å². The molecule has 0 aromatic heterocycles. The Bertz CT molecular complexity index is 1970. The zero-order valence-corrected chi connectivity index (χ0v) is 41.9. The smallest absolute Gasteiger partial charge is 0.411 e. The third-order valence-electron chi connectivity index (χ3n) is 9.69. The average molecular weight is 930 g/mol. The number of aromatic hydroxyl groups is 1. The second kappa shape index (κ2) is 35.1. The summed E-state index contributed by atoms with van der Waals surface area (Å²) in [4.78, 5) is 42.2. The number of rotatable bonds is 14. The van der Waals surface area contributed by atoms with E-state index in [9.17, 15) is 24.6 Å². The number of carbonyl (C=O) groups excluding carboxylic acids is 3. The SMILES string of the molecule is C=CC.CCC.CCC.CCC.CNc1c(O)ccc(C(O)CNCc2ccc3c(c2)CCN(CCN2CCC(OC(=O)Nc4ccccc4-c4ccccc4)CC2)C3=O)c1SC=O.CO. The molecule has 1 atom stereocenters. The first-order valence-corrected chi connectivity index (χ1v) is 24.2. The Morgan fingerprint density at radius 3 is 2.09 bits per heavy atom. The van der Waals surface area contributed by atoms with Gasteiger partial charge in [-0.15, -0.1) is 6.58 Å². The number of para-hydroxylation sites is 1. The second-order valence-electron chi connectivity index (χ2n) is 15.5. The molecule has 0 radical (unpaired) electrons. The Morgan fingerprint density at radius 2 is 1.48 bits per heavy atom. The highest BCUT2D eigenvalue weighted by Crippen LogP contribution is 2.39. The van der Waals surface area contributed by atoms with Crippen LogP contribution in [0, 0.1) is 0 Å². The molecular weight excluding hydrogens is 851 g/mol. The van der Waals surface area contributed by atoms with E-state index in [-0.39, 0.29) is 24.3 Å². The molecule has 1 fully saturated rings. The molecule has 6 N–H and O–H groups in total. The summed E-state index contributed by atoms with van der Waals surface area (Å²) in [5.41, 5.74) is 7.05. The van der Waals surface area contributed by atoms with Crippen LogP contribution in [0.4, 0.5) is 16.2 Å². The number of carbonyl (C=O) groups is 3. The number of aliphatic hydroxyl groups excluding tert-OH is 2. The van der Waals surface area contributed by atoms with Gasteiger partial charge in [0.25, 0.3) is 5.91 Å². The number of phenolic OH excluding ortho intramolecular Hbond substituents is 1. The van der Waals surface area contributed by atoms with Crippen LogP contribution in [0.3, 0.4) is 0 Å². The number of benzene rings is 4. The van der Waals surface area contributed by atoms with E-state index in [2.05, 4.69) is 75.0 Å². The van der Waals surface area contributed by atoms with Crippen molar-refractivity contribution in [3.63, 3.8) is 0 Å². The number of allylic oxidation sites excluding steroid dienone is 1. The minimum Gasteiger partial charge on any atom is -0.506 e. The molecule has 2 amide bonds. The first-order valence-electron chi connectivity index (χ1n) is 23.3. The maximum absolute atomic E-state index is 13.4. The van der Waals surface area contributed by atoms with Crippen molar-refractivity contribution in [3.8, 4) is 16.9 Å². The number of anilines is 2. The molecule has 66 heavy (non-hydrogen) atoms. The first-order chi connectivity index (χ1) is 32.0. The first kappa shape index (κ1) is 58.8. The minimum absolute atomic E-state index is 0.00771. The van der Waals surface area contributed by atoms with Crippen LogP contribution in [0.25, 0.3) is 11.1 Å². The number of phenols is 1. The van der Waals surface area contributed by atoms with Gasteiger partial charge in [0, 0.05) is 76.0 Å². The third kappa shape index (κ3) is 20.1. The highest BCUT2D eigenvalue weighted by molar-refractivity contribution is 8.12. The fraction of sp³-hybridized carbons (Fsp3) is 0.453. The van der Waals surface area contributed by atoms with Crippen molar-refractivity contribution in [2.45, 2.75) is 111 Å². The fourth-order valence-electron chi connectivity index (χ4n) is 6.91. The number of thioether (sulfide) groups is 1. The van der Waals surface area contributed by atoms with Crippen LogP contribution in [0.15, 0.2) is 102 Å². The third-order valence-corrected chi connectivity index (χ3v) is 10.5. The lowest BCUT2D eigenvalue weighted by Crippen LogP contribution is -2.45. The van der Waals surface area contributed by atoms with E-state index >= 15 is 0 Å². The van der Waals surface area contributed by atoms with Crippen LogP contribution in [0.1, 0.15) is 114 Å². The maximum Gasteiger partial charge on any atom is 0.411 e. The molecule has 0 aliphatic carbocycles. The molecule has 2 aliphatic rings. The molecule has 13 heteroatoms. The summed E-state index contributed by atoms with van der Waals surface area (Å²) in [6, 6.07) is 26.6. The summed E-state index contributed by atoms with van der Waals surface area (Å²) in [7, 11) is 2.65. The number of hydrogen-bond donors (Lipinski definition) is 6. The molecule has 1 unspecified atom stereocenters. The average Bonchev–Trinajstić information content (AvgIpc) is 3.32. The summed E-state index contributed by atoms with van der Waals surface area (Å²) in [5, 5.41) is 37.1. The molecule has 1 saturated heterocycles. The van der Waals surface area contributed by atoms with Gasteiger partial charge in [-0.2, -0.15) is 0 Å². The van der Waals surface area contributed by atoms with Gasteiger partial charge in [0.05, 0.1) is 17.5 Å². The van der Waals surface area contributed by atoms with Gasteiger partial charge in [0.1, 0.15) is 11.9 Å². The standard InChI is InChI=1S/C40H45N5O6S.3C3H8.C3H6.CH4O/c1-41-37-35(47)14-13-33(38(37)52-26-46)36(48)25-42-24-27-11-12-32-29(23-27)15-20-45(39(32)49)22-21-44-18-16-30(17-19-44)51-40(50)43-34-10-6-5-9-31(34)28-7-3-2-4-8-28;4*1-3-2;1-2/h2-14,23,26,30,36,41-42,47-48H,15-22,24-25H2,1H3,(H,43,50);3*3H2,1-2H3;3H,1H2,2H3;2H,1H3. The van der Waals surface area contributed by atoms with Crippen LogP contribution >= 0.6 is 11.8 Å². The number of nitrogens with one attached hydrogen (secondary N) is 3. The molecule has 4 aromatic rings. The Labute approximate surface area is 400 Å². The molecule has 0 saturated carbocycles. The van der Waals surface area contributed by atoms with Gasteiger partial charge >= 0.3 is 6.09 Å². The van der Waals surface area contributed by atoms with Gasteiger partial charge < -0.3 is 40.5 Å². The Morgan fingerprint density at radius 1 is 0.879 bits per heavy atom. The molecular formula is C53H79N5O7S. The zero-order chi connectivity index (χ0) is 49.3. The zero-order valence-electron chi connectivity index (χ0n) is 41.1. The van der Waals surface area contributed by atoms with Crippen LogP contribution in [0.2, 0.25) is 0 Å². The molecule has 0 spiro atoms. The van der Waals surface area contributed by atoms with E-state index < -0.39 is 12.2 Å². The summed E-state index contributed by atoms with van der Waals surface area (Å²) >= 11 is 0.906. The number of likely N-dealkylation sites (tertiary alicyclic amines) is 1. The summed E-state index contributed by atoms with van der Waals surface area (Å²) in [5.74, 6) is 0.0445. The van der Waals surface area contributed by atoms with Gasteiger partial charge in [0.15, 0.2) is 5.62 Å². The lowest BCUT2D eigenvalue weighted by molar-refractivity contribution is 0.0517. The van der Waals surface area contributed by atoms with Gasteiger partial charge in [-0.05, 0) is 66.6 Å². The van der Waals surface area contributed by atoms with Crippen molar-refractivity contribution in [2.24, 2.45) is 0 Å². The van der Waals surface area contributed by atoms with Crippen LogP contribution in [0.5, 0.6) is 5.75 Å². The number of ether oxygens (including phenoxy) is 1. The molecule has 4 aromatic carbocycles. The van der Waals surface area contributed by atoms with Crippen LogP contribution in [-0.2, 0) is 22.5 Å². The number of hydrogen-bond acceptors (Lipinski definition) is 11. The van der Waals surface area contributed by atoms with Crippen LogP contribution in [-0.4, -0.2) is 102 Å². The Hall–Kier alpha value is -5.18. The molecule has 6 rings (SSSR count). The van der Waals surface area contributed by atoms with E-state index in [1.54, 1.807) is 19.2 Å². The van der Waals surface area contributed by atoms with Gasteiger partial charge in [-0.1, -0.05) is 145 Å². The monoisotopic (exact) mass is 930 g/mol. The van der Waals surface area contributed by atoms with Crippen molar-refractivity contribution in [1.29, 1.82) is 0 Å². The Kier molecular flexibility index (Phi) is 31.3. The Balaban J connectivity index is 0.00000139. The molecule has 12 nitrogen and oxygen atoms in total. The predicted molar refractivity (Wildman–Crippen MR) is 276 cm³/mol. The number of amides is 2. The van der Waals surface area contributed by atoms with Crippen molar-refractivity contribution in [3.05, 3.63) is 120 Å². The highest BCUT2D eigenvalue weighted by atomic mass is 32.2. The predicted octanol–water partition coefficient (Wildman–Crippen LogP) is 11.0. The van der Waals surface area contributed by atoms with Crippen molar-refractivity contribution >= 4 is 40.8 Å². The second-order valence-corrected chi connectivity index (χ2v) is 16.4. The molecule has 2 aliphatic heterocycles. The summed E-state index contributed by atoms with van der Waals surface area (Å²) < 4.78 is 5.80. The summed E-state index contributed by atoms with van der Waals surface area (Å²) in [6.07, 6.45) is 6.24. The highest BCUT2D eigenvalue weighted by Gasteiger charge is 2.27. The van der Waals surface area contributed by atoms with Crippen molar-refractivity contribution < 1.29 is 34.4 Å². The topological polar surface area (TPSA) is 164 Å². The fourth-order valence-corrected chi connectivity index (χ4v) is 7.67. The lowest BCUT2D eigenvalue weighted by atomic mass is 9.96. The van der Waals surface area contributed by atoms with Crippen molar-refractivity contribution in [1.82, 2.24) is 15.1 Å². The number of aliphatic hydroxyl groups is 2. The number of fused-ring (bicyclic) bond motifs is 1. The molecule has 2 heterocycles. The summed E-state index contributed by atoms with van der Waals surface area (Å²) in [6.45, 7) is 22.4. The number of nitrogens with zero attached hydrogens (tertiary/aromatic N) is 2. The molecule has 364 valence electrons. The van der Waals surface area contributed by atoms with E-state index in [4.69, 9.17) is 9.84 Å². The lowest BCUT2D eigenvalue weighted by Gasteiger charge is -2.34. The quantitative estimate of drug-likeness (QED) is 0.0309. The van der Waals surface area contributed by atoms with Crippen molar-refractivity contribution in [2.75, 3.05) is 64.1 Å². The maximum atomic E-state index is 13.4. The molecule has 0 bridgehead atoms. The largest absolute Gasteiger partial charge is 0.506 e. The van der Waals surface area contributed by atoms with E-state index in [1.165, 1.54) is 25.3 Å². The normalized spacial score (nSPS) is 13.3. The van der Waals surface area contributed by atoms with Crippen LogP contribution < -0.4 is 16.0 Å². The number of piperidine rings is 1. The van der Waals surface area contributed by atoms with Gasteiger partial charge in [-0.25, -0.2) is 4.79 Å².